The van der Waals surface area contributed by atoms with E-state index in [9.17, 15) is 14.4 Å². The van der Waals surface area contributed by atoms with Crippen LogP contribution in [-0.2, 0) is 19.0 Å². The van der Waals surface area contributed by atoms with E-state index in [1.54, 1.807) is 51.1 Å². The highest BCUT2D eigenvalue weighted by atomic mass is 16.7. The van der Waals surface area contributed by atoms with Crippen molar-refractivity contribution in [1.82, 2.24) is 4.90 Å². The van der Waals surface area contributed by atoms with Crippen LogP contribution in [0.2, 0.25) is 0 Å². The van der Waals surface area contributed by atoms with Crippen LogP contribution in [0.5, 0.6) is 0 Å². The van der Waals surface area contributed by atoms with Crippen LogP contribution in [0.15, 0.2) is 30.3 Å². The van der Waals surface area contributed by atoms with E-state index in [4.69, 9.17) is 14.2 Å². The van der Waals surface area contributed by atoms with Crippen LogP contribution in [0.4, 0.5) is 9.59 Å². The van der Waals surface area contributed by atoms with Crippen molar-refractivity contribution in [3.8, 4) is 0 Å². The van der Waals surface area contributed by atoms with Crippen molar-refractivity contribution in [3.63, 3.8) is 0 Å². The first-order valence-electron chi connectivity index (χ1n) is 7.14. The third kappa shape index (κ3) is 4.00. The molecule has 1 fully saturated rings. The second-order valence-corrected chi connectivity index (χ2v) is 6.07. The fraction of sp³-hybridized carbons (Fsp3) is 0.438. The summed E-state index contributed by atoms with van der Waals surface area (Å²) in [4.78, 5) is 36.5. The van der Waals surface area contributed by atoms with Crippen molar-refractivity contribution < 1.29 is 28.6 Å². The average molecular weight is 321 g/mol. The zero-order valence-corrected chi connectivity index (χ0v) is 13.4. The number of imide groups is 1. The standard InChI is InChI=1S/C16H19NO6/c1-10(18)21-13-12(11-8-6-5-7-9-11)17(14(19)22-13)15(20)23-16(2,3)4/h5-9,12-13H,1-4H3/t12-,13+/m1/s1. The van der Waals surface area contributed by atoms with Crippen molar-refractivity contribution in [1.29, 1.82) is 0 Å². The van der Waals surface area contributed by atoms with Crippen LogP contribution in [0.3, 0.4) is 0 Å². The number of hydrogen-bond donors (Lipinski definition) is 0. The van der Waals surface area contributed by atoms with E-state index in [-0.39, 0.29) is 0 Å². The van der Waals surface area contributed by atoms with Crippen LogP contribution in [0, 0.1) is 0 Å². The topological polar surface area (TPSA) is 82.1 Å². The minimum Gasteiger partial charge on any atom is -0.443 e. The van der Waals surface area contributed by atoms with Crippen molar-refractivity contribution >= 4 is 18.2 Å². The quantitative estimate of drug-likeness (QED) is 0.779. The van der Waals surface area contributed by atoms with Crippen molar-refractivity contribution in [2.75, 3.05) is 0 Å². The lowest BCUT2D eigenvalue weighted by molar-refractivity contribution is -0.164. The van der Waals surface area contributed by atoms with Gasteiger partial charge in [-0.25, -0.2) is 9.59 Å². The summed E-state index contributed by atoms with van der Waals surface area (Å²) in [6.45, 7) is 6.26. The Kier molecular flexibility index (Phi) is 4.58. The second kappa shape index (κ2) is 6.28. The Morgan fingerprint density at radius 3 is 2.30 bits per heavy atom. The number of nitrogens with zero attached hydrogens (tertiary/aromatic N) is 1. The molecule has 0 aliphatic carbocycles. The molecule has 7 heteroatoms. The summed E-state index contributed by atoms with van der Waals surface area (Å²) < 4.78 is 15.3. The largest absolute Gasteiger partial charge is 0.443 e. The summed E-state index contributed by atoms with van der Waals surface area (Å²) in [7, 11) is 0. The fourth-order valence-electron chi connectivity index (χ4n) is 2.16. The van der Waals surface area contributed by atoms with Gasteiger partial charge in [0.15, 0.2) is 0 Å². The fourth-order valence-corrected chi connectivity index (χ4v) is 2.16. The Morgan fingerprint density at radius 2 is 1.78 bits per heavy atom. The lowest BCUT2D eigenvalue weighted by atomic mass is 10.1. The Morgan fingerprint density at radius 1 is 1.17 bits per heavy atom. The number of carbonyl (C=O) groups is 3. The molecule has 0 aromatic heterocycles. The number of amides is 2. The molecular weight excluding hydrogens is 302 g/mol. The van der Waals surface area contributed by atoms with E-state index in [1.807, 2.05) is 0 Å². The van der Waals surface area contributed by atoms with Gasteiger partial charge in [0.2, 0.25) is 0 Å². The molecule has 124 valence electrons. The minimum absolute atomic E-state index is 0.593. The Balaban J connectivity index is 2.36. The summed E-state index contributed by atoms with van der Waals surface area (Å²) >= 11 is 0. The van der Waals surface area contributed by atoms with E-state index < -0.39 is 36.1 Å². The van der Waals surface area contributed by atoms with E-state index in [1.165, 1.54) is 6.92 Å². The molecule has 2 amide bonds. The number of hydrogen-bond acceptors (Lipinski definition) is 6. The number of benzene rings is 1. The normalized spacial score (nSPS) is 20.9. The first-order valence-corrected chi connectivity index (χ1v) is 7.14. The molecule has 1 saturated heterocycles. The predicted molar refractivity (Wildman–Crippen MR) is 79.3 cm³/mol. The smallest absolute Gasteiger partial charge is 0.423 e. The first kappa shape index (κ1) is 16.8. The number of esters is 1. The molecule has 0 spiro atoms. The van der Waals surface area contributed by atoms with Gasteiger partial charge >= 0.3 is 18.2 Å². The van der Waals surface area contributed by atoms with Gasteiger partial charge in [0, 0.05) is 6.92 Å². The van der Waals surface area contributed by atoms with Crippen molar-refractivity contribution in [2.24, 2.45) is 0 Å². The molecule has 1 aliphatic rings. The number of carbonyl (C=O) groups excluding carboxylic acids is 3. The van der Waals surface area contributed by atoms with Gasteiger partial charge in [-0.05, 0) is 26.3 Å². The monoisotopic (exact) mass is 321 g/mol. The molecule has 0 unspecified atom stereocenters. The summed E-state index contributed by atoms with van der Waals surface area (Å²) in [6.07, 6.45) is -2.99. The number of cyclic esters (lactones) is 1. The van der Waals surface area contributed by atoms with Crippen LogP contribution in [0.1, 0.15) is 39.3 Å². The highest BCUT2D eigenvalue weighted by molar-refractivity contribution is 5.90. The van der Waals surface area contributed by atoms with Gasteiger partial charge in [-0.3, -0.25) is 4.79 Å². The minimum atomic E-state index is -1.21. The van der Waals surface area contributed by atoms with Gasteiger partial charge in [-0.15, -0.1) is 0 Å². The number of ether oxygens (including phenoxy) is 3. The maximum absolute atomic E-state index is 12.3. The summed E-state index contributed by atoms with van der Waals surface area (Å²) in [5.74, 6) is -0.616. The molecule has 0 N–H and O–H groups in total. The maximum Gasteiger partial charge on any atom is 0.423 e. The van der Waals surface area contributed by atoms with Gasteiger partial charge in [0.25, 0.3) is 6.29 Å². The zero-order chi connectivity index (χ0) is 17.2. The van der Waals surface area contributed by atoms with Gasteiger partial charge in [0.1, 0.15) is 11.6 Å². The van der Waals surface area contributed by atoms with E-state index >= 15 is 0 Å². The molecule has 0 radical (unpaired) electrons. The molecule has 2 atom stereocenters. The summed E-state index contributed by atoms with van der Waals surface area (Å²) in [6, 6.07) is 7.80. The third-order valence-corrected chi connectivity index (χ3v) is 2.96. The van der Waals surface area contributed by atoms with Crippen molar-refractivity contribution in [2.45, 2.75) is 45.6 Å². The third-order valence-electron chi connectivity index (χ3n) is 2.96. The average Bonchev–Trinajstić information content (AvgIpc) is 2.73. The second-order valence-electron chi connectivity index (χ2n) is 6.07. The van der Waals surface area contributed by atoms with Crippen molar-refractivity contribution in [3.05, 3.63) is 35.9 Å². The molecule has 23 heavy (non-hydrogen) atoms. The molecule has 0 bridgehead atoms. The molecule has 1 aromatic carbocycles. The molecule has 1 aliphatic heterocycles. The summed E-state index contributed by atoms with van der Waals surface area (Å²) in [5.41, 5.74) is -0.187. The van der Waals surface area contributed by atoms with Gasteiger partial charge in [-0.2, -0.15) is 4.90 Å². The molecule has 7 nitrogen and oxygen atoms in total. The van der Waals surface area contributed by atoms with Crippen LogP contribution >= 0.6 is 0 Å². The SMILES string of the molecule is CC(=O)O[C@H]1OC(=O)N(C(=O)OC(C)(C)C)[C@@H]1c1ccccc1. The van der Waals surface area contributed by atoms with Crippen LogP contribution < -0.4 is 0 Å². The van der Waals surface area contributed by atoms with Gasteiger partial charge in [0.05, 0.1) is 0 Å². The highest BCUT2D eigenvalue weighted by Gasteiger charge is 2.49. The van der Waals surface area contributed by atoms with E-state index in [0.29, 0.717) is 5.56 Å². The molecule has 1 heterocycles. The Hall–Kier alpha value is -2.57. The molecule has 0 saturated carbocycles. The number of rotatable bonds is 2. The lowest BCUT2D eigenvalue weighted by Crippen LogP contribution is -2.40. The lowest BCUT2D eigenvalue weighted by Gasteiger charge is -2.26. The van der Waals surface area contributed by atoms with E-state index in [2.05, 4.69) is 0 Å². The zero-order valence-electron chi connectivity index (χ0n) is 13.4. The molecule has 1 aromatic rings. The predicted octanol–water partition coefficient (Wildman–Crippen LogP) is 3.00. The van der Waals surface area contributed by atoms with Crippen LogP contribution in [0.25, 0.3) is 0 Å². The van der Waals surface area contributed by atoms with Gasteiger partial charge in [-0.1, -0.05) is 30.3 Å². The molecular formula is C16H19NO6. The Labute approximate surface area is 134 Å². The first-order chi connectivity index (χ1) is 10.7. The summed E-state index contributed by atoms with van der Waals surface area (Å²) in [5, 5.41) is 0. The molecule has 2 rings (SSSR count). The maximum atomic E-state index is 12.3. The van der Waals surface area contributed by atoms with Crippen LogP contribution in [-0.4, -0.2) is 34.9 Å². The van der Waals surface area contributed by atoms with E-state index in [0.717, 1.165) is 4.90 Å². The highest BCUT2D eigenvalue weighted by Crippen LogP contribution is 2.35. The Bertz CT molecular complexity index is 607. The van der Waals surface area contributed by atoms with Gasteiger partial charge < -0.3 is 14.2 Å².